The molecule has 0 amide bonds. The van der Waals surface area contributed by atoms with Crippen LogP contribution < -0.4 is 4.90 Å². The van der Waals surface area contributed by atoms with E-state index >= 15 is 0 Å². The van der Waals surface area contributed by atoms with Crippen molar-refractivity contribution in [3.63, 3.8) is 0 Å². The summed E-state index contributed by atoms with van der Waals surface area (Å²) in [6.45, 7) is 4.64. The summed E-state index contributed by atoms with van der Waals surface area (Å²) in [6.07, 6.45) is 0.754. The normalized spacial score (nSPS) is 28.2. The number of ether oxygens (including phenoxy) is 1. The minimum atomic E-state index is -0.317. The average Bonchev–Trinajstić information content (AvgIpc) is 2.42. The van der Waals surface area contributed by atoms with E-state index in [4.69, 9.17) is 4.74 Å². The molecule has 1 N–H and O–H groups in total. The second-order valence-corrected chi connectivity index (χ2v) is 5.56. The van der Waals surface area contributed by atoms with Crippen LogP contribution in [0.4, 0.5) is 5.69 Å². The predicted molar refractivity (Wildman–Crippen MR) is 75.5 cm³/mol. The molecule has 2 heterocycles. The first-order valence-corrected chi connectivity index (χ1v) is 7.06. The van der Waals surface area contributed by atoms with Gasteiger partial charge in [0, 0.05) is 37.4 Å². The molecule has 2 aliphatic rings. The van der Waals surface area contributed by atoms with E-state index in [0.29, 0.717) is 0 Å². The van der Waals surface area contributed by atoms with Gasteiger partial charge in [-0.1, -0.05) is 18.2 Å². The molecule has 1 saturated heterocycles. The highest BCUT2D eigenvalue weighted by molar-refractivity contribution is 5.56. The minimum Gasteiger partial charge on any atom is -0.388 e. The number of hydrogen-bond acceptors (Lipinski definition) is 4. The standard InChI is InChI=1S/C15H22N2O2/c1-16-8-9-19-12(10-16)11-17-7-6-15(18)13-4-2-3-5-14(13)17/h2-5,12,15,18H,6-11H2,1H3. The maximum atomic E-state index is 10.1. The van der Waals surface area contributed by atoms with Crippen molar-refractivity contribution in [3.8, 4) is 0 Å². The van der Waals surface area contributed by atoms with E-state index < -0.39 is 0 Å². The summed E-state index contributed by atoms with van der Waals surface area (Å²) >= 11 is 0. The Balaban J connectivity index is 1.73. The zero-order chi connectivity index (χ0) is 13.2. The smallest absolute Gasteiger partial charge is 0.0876 e. The Labute approximate surface area is 114 Å². The topological polar surface area (TPSA) is 35.9 Å². The minimum absolute atomic E-state index is 0.266. The molecule has 4 nitrogen and oxygen atoms in total. The summed E-state index contributed by atoms with van der Waals surface area (Å²) in [6, 6.07) is 8.17. The molecule has 104 valence electrons. The van der Waals surface area contributed by atoms with Gasteiger partial charge >= 0.3 is 0 Å². The number of likely N-dealkylation sites (N-methyl/N-ethyl adjacent to an activating group) is 1. The van der Waals surface area contributed by atoms with E-state index in [2.05, 4.69) is 22.9 Å². The molecule has 0 radical (unpaired) electrons. The fraction of sp³-hybridized carbons (Fsp3) is 0.600. The fourth-order valence-corrected chi connectivity index (χ4v) is 3.02. The third kappa shape index (κ3) is 2.76. The van der Waals surface area contributed by atoms with E-state index in [1.54, 1.807) is 0 Å². The van der Waals surface area contributed by atoms with Gasteiger partial charge in [-0.05, 0) is 19.5 Å². The largest absolute Gasteiger partial charge is 0.388 e. The van der Waals surface area contributed by atoms with Crippen molar-refractivity contribution in [3.05, 3.63) is 29.8 Å². The zero-order valence-corrected chi connectivity index (χ0v) is 11.5. The molecule has 2 unspecified atom stereocenters. The molecule has 4 heteroatoms. The molecule has 19 heavy (non-hydrogen) atoms. The third-order valence-corrected chi connectivity index (χ3v) is 4.07. The van der Waals surface area contributed by atoms with Crippen molar-refractivity contribution in [1.29, 1.82) is 0 Å². The number of anilines is 1. The monoisotopic (exact) mass is 262 g/mol. The SMILES string of the molecule is CN1CCOC(CN2CCC(O)c3ccccc32)C1. The van der Waals surface area contributed by atoms with Crippen molar-refractivity contribution >= 4 is 5.69 Å². The van der Waals surface area contributed by atoms with E-state index in [1.165, 1.54) is 0 Å². The Bertz CT molecular complexity index is 438. The maximum absolute atomic E-state index is 10.1. The van der Waals surface area contributed by atoms with Gasteiger partial charge in [0.1, 0.15) is 0 Å². The summed E-state index contributed by atoms with van der Waals surface area (Å²) < 4.78 is 5.85. The van der Waals surface area contributed by atoms with Gasteiger partial charge < -0.3 is 19.6 Å². The number of nitrogens with zero attached hydrogens (tertiary/aromatic N) is 2. The zero-order valence-electron chi connectivity index (χ0n) is 11.5. The van der Waals surface area contributed by atoms with E-state index in [-0.39, 0.29) is 12.2 Å². The van der Waals surface area contributed by atoms with Crippen LogP contribution in [0.1, 0.15) is 18.1 Å². The first kappa shape index (κ1) is 12.9. The number of aliphatic hydroxyl groups is 1. The van der Waals surface area contributed by atoms with Crippen molar-refractivity contribution in [2.24, 2.45) is 0 Å². The number of fused-ring (bicyclic) bond motifs is 1. The quantitative estimate of drug-likeness (QED) is 0.870. The predicted octanol–water partition coefficient (Wildman–Crippen LogP) is 1.26. The lowest BCUT2D eigenvalue weighted by Crippen LogP contribution is -2.47. The highest BCUT2D eigenvalue weighted by Gasteiger charge is 2.26. The van der Waals surface area contributed by atoms with Gasteiger partial charge in [0.25, 0.3) is 0 Å². The number of rotatable bonds is 2. The first-order chi connectivity index (χ1) is 9.24. The Kier molecular flexibility index (Phi) is 3.73. The van der Waals surface area contributed by atoms with Gasteiger partial charge in [0.2, 0.25) is 0 Å². The van der Waals surface area contributed by atoms with Gasteiger partial charge in [-0.2, -0.15) is 0 Å². The highest BCUT2D eigenvalue weighted by Crippen LogP contribution is 2.33. The van der Waals surface area contributed by atoms with Gasteiger partial charge in [-0.15, -0.1) is 0 Å². The molecule has 1 aromatic carbocycles. The Morgan fingerprint density at radius 2 is 2.16 bits per heavy atom. The summed E-state index contributed by atoms with van der Waals surface area (Å²) in [5, 5.41) is 10.1. The molecule has 1 aromatic rings. The molecule has 2 aliphatic heterocycles. The van der Waals surface area contributed by atoms with Crippen LogP contribution in [0.25, 0.3) is 0 Å². The van der Waals surface area contributed by atoms with E-state index in [1.807, 2.05) is 18.2 Å². The van der Waals surface area contributed by atoms with Crippen LogP contribution in [0.5, 0.6) is 0 Å². The molecule has 3 rings (SSSR count). The van der Waals surface area contributed by atoms with Crippen LogP contribution in [0.2, 0.25) is 0 Å². The number of morpholine rings is 1. The molecule has 0 aromatic heterocycles. The van der Waals surface area contributed by atoms with Gasteiger partial charge in [-0.25, -0.2) is 0 Å². The van der Waals surface area contributed by atoms with Gasteiger partial charge in [0.05, 0.1) is 18.8 Å². The van der Waals surface area contributed by atoms with Crippen LogP contribution >= 0.6 is 0 Å². The fourth-order valence-electron chi connectivity index (χ4n) is 3.02. The summed E-state index contributed by atoms with van der Waals surface area (Å²) in [4.78, 5) is 4.67. The Morgan fingerprint density at radius 3 is 3.00 bits per heavy atom. The molecule has 0 saturated carbocycles. The second kappa shape index (κ2) is 5.49. The molecule has 0 aliphatic carbocycles. The van der Waals surface area contributed by atoms with Gasteiger partial charge in [0.15, 0.2) is 0 Å². The average molecular weight is 262 g/mol. The first-order valence-electron chi connectivity index (χ1n) is 7.06. The highest BCUT2D eigenvalue weighted by atomic mass is 16.5. The lowest BCUT2D eigenvalue weighted by molar-refractivity contribution is -0.0153. The van der Waals surface area contributed by atoms with Crippen molar-refractivity contribution in [2.75, 3.05) is 44.7 Å². The van der Waals surface area contributed by atoms with Crippen LogP contribution in [-0.4, -0.2) is 55.9 Å². The number of benzene rings is 1. The van der Waals surface area contributed by atoms with Gasteiger partial charge in [-0.3, -0.25) is 0 Å². The molecular formula is C15H22N2O2. The van der Waals surface area contributed by atoms with Crippen LogP contribution in [0.3, 0.4) is 0 Å². The van der Waals surface area contributed by atoms with Crippen LogP contribution in [0.15, 0.2) is 24.3 Å². The van der Waals surface area contributed by atoms with Crippen LogP contribution in [0, 0.1) is 0 Å². The number of para-hydroxylation sites is 1. The third-order valence-electron chi connectivity index (χ3n) is 4.07. The maximum Gasteiger partial charge on any atom is 0.0876 e. The summed E-state index contributed by atoms with van der Waals surface area (Å²) in [5.41, 5.74) is 2.22. The Hall–Kier alpha value is -1.10. The van der Waals surface area contributed by atoms with Crippen molar-refractivity contribution in [1.82, 2.24) is 4.90 Å². The molecule has 0 bridgehead atoms. The second-order valence-electron chi connectivity index (χ2n) is 5.56. The molecule has 0 spiro atoms. The van der Waals surface area contributed by atoms with Crippen molar-refractivity contribution < 1.29 is 9.84 Å². The van der Waals surface area contributed by atoms with Crippen LogP contribution in [-0.2, 0) is 4.74 Å². The van der Waals surface area contributed by atoms with E-state index in [0.717, 1.165) is 50.5 Å². The Morgan fingerprint density at radius 1 is 1.32 bits per heavy atom. The van der Waals surface area contributed by atoms with Crippen molar-refractivity contribution in [2.45, 2.75) is 18.6 Å². The lowest BCUT2D eigenvalue weighted by atomic mass is 9.98. The lowest BCUT2D eigenvalue weighted by Gasteiger charge is -2.38. The number of aliphatic hydroxyl groups excluding tert-OH is 1. The summed E-state index contributed by atoms with van der Waals surface area (Å²) in [5.74, 6) is 0. The molecular weight excluding hydrogens is 240 g/mol. The number of hydrogen-bond donors (Lipinski definition) is 1. The molecule has 1 fully saturated rings. The molecule has 2 atom stereocenters. The summed E-state index contributed by atoms with van der Waals surface area (Å²) in [7, 11) is 2.14. The van der Waals surface area contributed by atoms with E-state index in [9.17, 15) is 5.11 Å².